The summed E-state index contributed by atoms with van der Waals surface area (Å²) in [5.41, 5.74) is 3.82. The van der Waals surface area contributed by atoms with Crippen LogP contribution in [-0.2, 0) is 11.3 Å². The lowest BCUT2D eigenvalue weighted by Gasteiger charge is -2.37. The summed E-state index contributed by atoms with van der Waals surface area (Å²) in [6.45, 7) is 8.67. The molecule has 5 rings (SSSR count). The Bertz CT molecular complexity index is 1150. The van der Waals surface area contributed by atoms with Crippen LogP contribution in [0.3, 0.4) is 0 Å². The first-order chi connectivity index (χ1) is 16.1. The normalized spacial score (nSPS) is 17.5. The molecule has 6 nitrogen and oxygen atoms in total. The fraction of sp³-hybridized carbons (Fsp3) is 0.370. The van der Waals surface area contributed by atoms with Gasteiger partial charge in [0.2, 0.25) is 0 Å². The highest BCUT2D eigenvalue weighted by Crippen LogP contribution is 2.34. The van der Waals surface area contributed by atoms with Gasteiger partial charge in [-0.1, -0.05) is 42.5 Å². The van der Waals surface area contributed by atoms with Crippen LogP contribution in [0.4, 0.5) is 5.69 Å². The average molecular weight is 446 g/mol. The highest BCUT2D eigenvalue weighted by Gasteiger charge is 2.26. The molecule has 1 N–H and O–H groups in total. The number of amides is 1. The summed E-state index contributed by atoms with van der Waals surface area (Å²) in [5.74, 6) is -0.00120. The first-order valence-electron chi connectivity index (χ1n) is 11.8. The Labute approximate surface area is 195 Å². The first kappa shape index (κ1) is 21.7. The number of carbonyl (C=O) groups is 1. The molecule has 6 heteroatoms. The summed E-state index contributed by atoms with van der Waals surface area (Å²) >= 11 is 0. The number of anilines is 1. The van der Waals surface area contributed by atoms with Crippen LogP contribution < -0.4 is 4.90 Å². The molecular formula is C27H31N3O3. The predicted molar refractivity (Wildman–Crippen MR) is 131 cm³/mol. The molecule has 0 atom stereocenters. The highest BCUT2D eigenvalue weighted by molar-refractivity contribution is 6.03. The number of nitrogens with zero attached hydrogens (tertiary/aromatic N) is 3. The van der Waals surface area contributed by atoms with Gasteiger partial charge in [0, 0.05) is 57.1 Å². The van der Waals surface area contributed by atoms with Crippen LogP contribution in [0.5, 0.6) is 5.75 Å². The molecule has 0 aliphatic carbocycles. The van der Waals surface area contributed by atoms with E-state index in [4.69, 9.17) is 4.74 Å². The Hall–Kier alpha value is -3.09. The van der Waals surface area contributed by atoms with Gasteiger partial charge in [-0.25, -0.2) is 0 Å². The number of fused-ring (bicyclic) bond motifs is 1. The van der Waals surface area contributed by atoms with Crippen LogP contribution in [0.2, 0.25) is 0 Å². The van der Waals surface area contributed by atoms with Crippen LogP contribution >= 0.6 is 0 Å². The number of rotatable bonds is 4. The quantitative estimate of drug-likeness (QED) is 0.665. The van der Waals surface area contributed by atoms with Crippen molar-refractivity contribution in [2.24, 2.45) is 0 Å². The van der Waals surface area contributed by atoms with Gasteiger partial charge >= 0.3 is 0 Å². The van der Waals surface area contributed by atoms with E-state index in [1.165, 1.54) is 11.3 Å². The Balaban J connectivity index is 1.39. The largest absolute Gasteiger partial charge is 0.507 e. The van der Waals surface area contributed by atoms with E-state index in [1.54, 1.807) is 4.90 Å². The standard InChI is InChI=1S/C27H31N3O3/c1-20-6-2-5-9-25(20)29-12-10-28(11-13-29)19-24-22-8-4-3-7-21(22)18-23(26(24)31)27(32)30-14-16-33-17-15-30/h2-9,18,31H,10-17,19H2,1H3. The second kappa shape index (κ2) is 9.41. The molecule has 2 fully saturated rings. The lowest BCUT2D eigenvalue weighted by atomic mass is 9.97. The van der Waals surface area contributed by atoms with E-state index >= 15 is 0 Å². The van der Waals surface area contributed by atoms with E-state index in [9.17, 15) is 9.90 Å². The van der Waals surface area contributed by atoms with Gasteiger partial charge in [0.1, 0.15) is 5.75 Å². The summed E-state index contributed by atoms with van der Waals surface area (Å²) in [4.78, 5) is 19.8. The summed E-state index contributed by atoms with van der Waals surface area (Å²) in [5, 5.41) is 13.3. The molecule has 2 aliphatic heterocycles. The molecule has 0 radical (unpaired) electrons. The minimum atomic E-state index is -0.118. The number of para-hydroxylation sites is 1. The molecule has 0 saturated carbocycles. The second-order valence-corrected chi connectivity index (χ2v) is 8.93. The minimum Gasteiger partial charge on any atom is -0.507 e. The van der Waals surface area contributed by atoms with Crippen molar-refractivity contribution in [3.8, 4) is 5.75 Å². The molecule has 172 valence electrons. The van der Waals surface area contributed by atoms with Gasteiger partial charge in [0.25, 0.3) is 5.91 Å². The lowest BCUT2D eigenvalue weighted by molar-refractivity contribution is 0.0301. The van der Waals surface area contributed by atoms with Crippen molar-refractivity contribution in [3.05, 3.63) is 71.3 Å². The summed E-state index contributed by atoms with van der Waals surface area (Å²) in [6.07, 6.45) is 0. The van der Waals surface area contributed by atoms with Gasteiger partial charge in [-0.3, -0.25) is 9.69 Å². The van der Waals surface area contributed by atoms with Crippen molar-refractivity contribution in [1.82, 2.24) is 9.80 Å². The van der Waals surface area contributed by atoms with Gasteiger partial charge in [-0.05, 0) is 35.4 Å². The third kappa shape index (κ3) is 4.41. The van der Waals surface area contributed by atoms with Crippen LogP contribution in [-0.4, -0.2) is 73.3 Å². The van der Waals surface area contributed by atoms with Crippen molar-refractivity contribution in [2.45, 2.75) is 13.5 Å². The fourth-order valence-corrected chi connectivity index (χ4v) is 4.96. The number of phenols is 1. The molecule has 3 aromatic carbocycles. The number of hydrogen-bond donors (Lipinski definition) is 1. The predicted octanol–water partition coefficient (Wildman–Crippen LogP) is 3.65. The molecule has 3 aromatic rings. The summed E-state index contributed by atoms with van der Waals surface area (Å²) in [7, 11) is 0. The third-order valence-corrected chi connectivity index (χ3v) is 6.87. The van der Waals surface area contributed by atoms with E-state index in [1.807, 2.05) is 30.3 Å². The van der Waals surface area contributed by atoms with E-state index in [-0.39, 0.29) is 11.7 Å². The maximum absolute atomic E-state index is 13.2. The van der Waals surface area contributed by atoms with E-state index in [2.05, 4.69) is 41.0 Å². The van der Waals surface area contributed by atoms with Gasteiger partial charge in [-0.2, -0.15) is 0 Å². The zero-order valence-electron chi connectivity index (χ0n) is 19.2. The number of morpholine rings is 1. The number of ether oxygens (including phenoxy) is 1. The monoisotopic (exact) mass is 445 g/mol. The van der Waals surface area contributed by atoms with Crippen molar-refractivity contribution in [3.63, 3.8) is 0 Å². The molecule has 0 unspecified atom stereocenters. The van der Waals surface area contributed by atoms with Crippen LogP contribution in [0.1, 0.15) is 21.5 Å². The second-order valence-electron chi connectivity index (χ2n) is 8.93. The lowest BCUT2D eigenvalue weighted by Crippen LogP contribution is -2.46. The number of benzene rings is 3. The molecular weight excluding hydrogens is 414 g/mol. The van der Waals surface area contributed by atoms with E-state index in [0.29, 0.717) is 38.4 Å². The Morgan fingerprint density at radius 1 is 0.939 bits per heavy atom. The smallest absolute Gasteiger partial charge is 0.257 e. The zero-order valence-corrected chi connectivity index (χ0v) is 19.2. The van der Waals surface area contributed by atoms with Gasteiger partial charge in [0.05, 0.1) is 18.8 Å². The van der Waals surface area contributed by atoms with Crippen molar-refractivity contribution >= 4 is 22.4 Å². The highest BCUT2D eigenvalue weighted by atomic mass is 16.5. The molecule has 0 spiro atoms. The maximum Gasteiger partial charge on any atom is 0.257 e. The van der Waals surface area contributed by atoms with Crippen LogP contribution in [0.25, 0.3) is 10.8 Å². The van der Waals surface area contributed by atoms with Crippen LogP contribution in [0, 0.1) is 6.92 Å². The number of aryl methyl sites for hydroxylation is 1. The third-order valence-electron chi connectivity index (χ3n) is 6.87. The Morgan fingerprint density at radius 2 is 1.64 bits per heavy atom. The number of carbonyl (C=O) groups excluding carboxylic acids is 1. The topological polar surface area (TPSA) is 56.2 Å². The minimum absolute atomic E-state index is 0.117. The van der Waals surface area contributed by atoms with Crippen molar-refractivity contribution < 1.29 is 14.6 Å². The molecule has 33 heavy (non-hydrogen) atoms. The average Bonchev–Trinajstić information content (AvgIpc) is 2.86. The summed E-state index contributed by atoms with van der Waals surface area (Å²) in [6, 6.07) is 18.4. The number of hydrogen-bond acceptors (Lipinski definition) is 5. The zero-order chi connectivity index (χ0) is 22.8. The number of phenolic OH excluding ortho intramolecular Hbond substituents is 1. The van der Waals surface area contributed by atoms with Crippen molar-refractivity contribution in [1.29, 1.82) is 0 Å². The van der Waals surface area contributed by atoms with Gasteiger partial charge < -0.3 is 19.6 Å². The van der Waals surface area contributed by atoms with E-state index < -0.39 is 0 Å². The van der Waals surface area contributed by atoms with Crippen LogP contribution in [0.15, 0.2) is 54.6 Å². The maximum atomic E-state index is 13.2. The van der Waals surface area contributed by atoms with Gasteiger partial charge in [-0.15, -0.1) is 0 Å². The molecule has 1 amide bonds. The van der Waals surface area contributed by atoms with Gasteiger partial charge in [0.15, 0.2) is 0 Å². The Morgan fingerprint density at radius 3 is 2.39 bits per heavy atom. The molecule has 2 heterocycles. The molecule has 2 aliphatic rings. The molecule has 0 aromatic heterocycles. The fourth-order valence-electron chi connectivity index (χ4n) is 4.96. The Kier molecular flexibility index (Phi) is 6.20. The molecule has 0 bridgehead atoms. The SMILES string of the molecule is Cc1ccccc1N1CCN(Cc2c(O)c(C(=O)N3CCOCC3)cc3ccccc23)CC1. The molecule has 2 saturated heterocycles. The number of piperazine rings is 1. The number of aromatic hydroxyl groups is 1. The summed E-state index contributed by atoms with van der Waals surface area (Å²) < 4.78 is 5.39. The van der Waals surface area contributed by atoms with E-state index in [0.717, 1.165) is 42.5 Å². The first-order valence-corrected chi connectivity index (χ1v) is 11.8. The van der Waals surface area contributed by atoms with Crippen molar-refractivity contribution in [2.75, 3.05) is 57.4 Å².